The number of ether oxygens (including phenoxy) is 7. The van der Waals surface area contributed by atoms with Crippen LogP contribution in [-0.4, -0.2) is 145 Å². The lowest BCUT2D eigenvalue weighted by Gasteiger charge is -2.42. The fourth-order valence-electron chi connectivity index (χ4n) is 7.14. The van der Waals surface area contributed by atoms with Gasteiger partial charge in [-0.05, 0) is 58.4 Å². The molecular weight excluding hydrogens is 788 g/mol. The molecule has 4 heterocycles. The zero-order chi connectivity index (χ0) is 43.1. The van der Waals surface area contributed by atoms with Crippen LogP contribution in [-0.2, 0) is 35.1 Å². The number of aliphatic hydroxyl groups excluding tert-OH is 6. The van der Waals surface area contributed by atoms with Gasteiger partial charge in [-0.2, -0.15) is 0 Å². The molecule has 2 aromatic carbocycles. The molecule has 13 atom stereocenters. The van der Waals surface area contributed by atoms with Crippen LogP contribution in [0.1, 0.15) is 39.7 Å². The van der Waals surface area contributed by atoms with Crippen molar-refractivity contribution in [1.29, 1.82) is 0 Å². The smallest absolute Gasteiger partial charge is 0.344 e. The second-order valence-corrected chi connectivity index (χ2v) is 14.9. The van der Waals surface area contributed by atoms with E-state index in [2.05, 4.69) is 4.89 Å². The lowest BCUT2D eigenvalue weighted by Crippen LogP contribution is -2.62. The number of carbonyl (C=O) groups is 1. The maximum atomic E-state index is 14.8. The molecule has 20 nitrogen and oxygen atoms in total. The van der Waals surface area contributed by atoms with Gasteiger partial charge in [0.25, 0.3) is 5.60 Å². The number of phenols is 1. The van der Waals surface area contributed by atoms with E-state index in [1.807, 2.05) is 0 Å². The zero-order valence-electron chi connectivity index (χ0n) is 32.5. The highest BCUT2D eigenvalue weighted by molar-refractivity contribution is 5.91. The van der Waals surface area contributed by atoms with Gasteiger partial charge in [-0.1, -0.05) is 11.6 Å². The lowest BCUT2D eigenvalue weighted by atomic mass is 9.97. The third-order valence-electron chi connectivity index (χ3n) is 10.5. The Morgan fingerprint density at radius 1 is 0.932 bits per heavy atom. The van der Waals surface area contributed by atoms with Gasteiger partial charge >= 0.3 is 5.97 Å². The van der Waals surface area contributed by atoms with Crippen molar-refractivity contribution in [2.24, 2.45) is 0 Å². The van der Waals surface area contributed by atoms with Crippen molar-refractivity contribution < 1.29 is 93.4 Å². The van der Waals surface area contributed by atoms with Crippen molar-refractivity contribution >= 4 is 16.9 Å². The number of fused-ring (bicyclic) bond motifs is 1. The van der Waals surface area contributed by atoms with Crippen molar-refractivity contribution in [1.82, 2.24) is 0 Å². The van der Waals surface area contributed by atoms with Gasteiger partial charge in [-0.25, -0.2) is 9.68 Å². The molecule has 3 aromatic rings. The third-order valence-corrected chi connectivity index (χ3v) is 10.5. The van der Waals surface area contributed by atoms with E-state index in [0.29, 0.717) is 5.75 Å². The van der Waals surface area contributed by atoms with Gasteiger partial charge in [0.15, 0.2) is 11.9 Å². The second kappa shape index (κ2) is 17.7. The lowest BCUT2D eigenvalue weighted by molar-refractivity contribution is -0.374. The fourth-order valence-corrected chi connectivity index (χ4v) is 7.14. The van der Waals surface area contributed by atoms with Gasteiger partial charge in [0.1, 0.15) is 64.8 Å². The van der Waals surface area contributed by atoms with Crippen LogP contribution < -0.4 is 19.6 Å². The fraction of sp³-hybridized carbons (Fsp3) is 0.538. The van der Waals surface area contributed by atoms with Gasteiger partial charge in [0.05, 0.1) is 25.9 Å². The Balaban J connectivity index is 1.52. The van der Waals surface area contributed by atoms with E-state index >= 15 is 0 Å². The average Bonchev–Trinajstić information content (AvgIpc) is 3.54. The molecule has 3 aliphatic heterocycles. The van der Waals surface area contributed by atoms with Crippen molar-refractivity contribution in [3.05, 3.63) is 57.8 Å². The number of hydrogen-bond donors (Lipinski definition) is 9. The summed E-state index contributed by atoms with van der Waals surface area (Å²) in [6.07, 6.45) is -18.0. The summed E-state index contributed by atoms with van der Waals surface area (Å²) in [5, 5.41) is 94.1. The quantitative estimate of drug-likeness (QED) is 0.0645. The first-order valence-electron chi connectivity index (χ1n) is 18.6. The molecule has 0 bridgehead atoms. The van der Waals surface area contributed by atoms with E-state index in [4.69, 9.17) is 37.6 Å². The number of carboxylic acid groups (broad SMARTS) is 1. The van der Waals surface area contributed by atoms with Crippen LogP contribution in [0.3, 0.4) is 0 Å². The number of aromatic hydroxyl groups is 1. The largest absolute Gasteiger partial charge is 0.507 e. The molecule has 0 radical (unpaired) electrons. The summed E-state index contributed by atoms with van der Waals surface area (Å²) < 4.78 is 46.9. The van der Waals surface area contributed by atoms with Gasteiger partial charge in [-0.15, -0.1) is 0 Å². The Morgan fingerprint density at radius 2 is 1.63 bits per heavy atom. The summed E-state index contributed by atoms with van der Waals surface area (Å²) in [5.74, 6) is -3.02. The first kappa shape index (κ1) is 44.1. The number of rotatable bonds is 13. The Hall–Kier alpha value is -4.42. The van der Waals surface area contributed by atoms with Crippen LogP contribution in [0.5, 0.6) is 23.0 Å². The molecule has 3 unspecified atom stereocenters. The van der Waals surface area contributed by atoms with E-state index < -0.39 is 114 Å². The number of aliphatic carboxylic acids is 1. The number of aliphatic hydroxyl groups is 6. The molecule has 324 valence electrons. The van der Waals surface area contributed by atoms with Gasteiger partial charge < -0.3 is 78.4 Å². The number of hydrogen-bond acceptors (Lipinski definition) is 19. The molecule has 20 heteroatoms. The van der Waals surface area contributed by atoms with Crippen LogP contribution >= 0.6 is 0 Å². The Morgan fingerprint density at radius 3 is 2.24 bits per heavy atom. The normalized spacial score (nSPS) is 33.4. The number of allylic oxidation sites excluding steroid dienone is 2. The summed E-state index contributed by atoms with van der Waals surface area (Å²) >= 11 is 0. The van der Waals surface area contributed by atoms with Crippen LogP contribution in [0.4, 0.5) is 0 Å². The molecule has 9 N–H and O–H groups in total. The number of benzene rings is 2. The molecule has 0 spiro atoms. The second-order valence-electron chi connectivity index (χ2n) is 14.9. The minimum Gasteiger partial charge on any atom is -0.507 e. The van der Waals surface area contributed by atoms with Crippen LogP contribution in [0.2, 0.25) is 0 Å². The molecule has 3 aliphatic rings. The summed E-state index contributed by atoms with van der Waals surface area (Å²) in [6.45, 7) is 5.72. The standard InChI is InChI=1S/C39H48O20/c1-15(2)6-11-20-22(54-35-30(47)28(45)26(43)23(14-40)55-35)12-21(41)24-27(44)33(31(56-32(20)24)18-7-9-19(51-5)10-8-18)57-36-34(29(46)25(42)17(4)53-36)58-38-39(59-50,37(48)49)13-16(3)52-38/h6-10,12,16-17,23,25-26,28-30,34-36,38,40-43,45-47,50H,11,13-14H2,1-5H3,(H,48,49)/t16?,17-,23+,25-,26+,28-,29+,30+,34+,35+,36-,38?,39?/m0/s1. The SMILES string of the molecule is COc1ccc(-c2oc3c(CC=C(C)C)c(O[C@@H]4O[C@H](CO)[C@@H](O)[C@H](O)[C@H]4O)cc(O)c3c(=O)c2O[C@@H]2O[C@@H](C)[C@H](O)[C@@H](O)[C@H]2OC2OC(C)CC2(OO)C(=O)O)cc1. The van der Waals surface area contributed by atoms with E-state index in [-0.39, 0.29) is 41.1 Å². The summed E-state index contributed by atoms with van der Waals surface area (Å²) in [7, 11) is 1.44. The molecule has 3 fully saturated rings. The molecule has 0 aliphatic carbocycles. The monoisotopic (exact) mass is 836 g/mol. The molecule has 3 saturated heterocycles. The highest BCUT2D eigenvalue weighted by atomic mass is 17.1. The van der Waals surface area contributed by atoms with Gasteiger partial charge in [0, 0.05) is 23.6 Å². The topological polar surface area (TPSA) is 303 Å². The van der Waals surface area contributed by atoms with Crippen LogP contribution in [0, 0.1) is 0 Å². The molecule has 0 saturated carbocycles. The van der Waals surface area contributed by atoms with E-state index in [1.165, 1.54) is 33.1 Å². The maximum absolute atomic E-state index is 14.8. The predicted molar refractivity (Wildman–Crippen MR) is 199 cm³/mol. The van der Waals surface area contributed by atoms with E-state index in [0.717, 1.165) is 11.6 Å². The summed E-state index contributed by atoms with van der Waals surface area (Å²) in [6, 6.07) is 7.17. The van der Waals surface area contributed by atoms with Crippen molar-refractivity contribution in [2.75, 3.05) is 13.7 Å². The minimum atomic E-state index is -2.48. The Labute approximate surface area is 335 Å². The zero-order valence-corrected chi connectivity index (χ0v) is 32.5. The van der Waals surface area contributed by atoms with E-state index in [1.54, 1.807) is 32.1 Å². The Bertz CT molecular complexity index is 2060. The molecule has 6 rings (SSSR count). The predicted octanol–water partition coefficient (Wildman–Crippen LogP) is 0.540. The first-order valence-corrected chi connectivity index (χ1v) is 18.6. The van der Waals surface area contributed by atoms with Crippen molar-refractivity contribution in [2.45, 2.75) is 120 Å². The number of phenolic OH excluding ortho intramolecular Hbond substituents is 1. The van der Waals surface area contributed by atoms with Crippen molar-refractivity contribution in [3.8, 4) is 34.3 Å². The highest BCUT2D eigenvalue weighted by Gasteiger charge is 2.60. The number of methoxy groups -OCH3 is 1. The molecule has 1 aromatic heterocycles. The summed E-state index contributed by atoms with van der Waals surface area (Å²) in [4.78, 5) is 31.5. The Kier molecular flexibility index (Phi) is 13.2. The first-order chi connectivity index (χ1) is 28.0. The van der Waals surface area contributed by atoms with E-state index in [9.17, 15) is 55.7 Å². The maximum Gasteiger partial charge on any atom is 0.344 e. The summed E-state index contributed by atoms with van der Waals surface area (Å²) in [5.41, 5.74) is -2.54. The molecular formula is C39H48O20. The van der Waals surface area contributed by atoms with Gasteiger partial charge in [0.2, 0.25) is 30.0 Å². The van der Waals surface area contributed by atoms with Gasteiger partial charge in [-0.3, -0.25) is 10.1 Å². The van der Waals surface area contributed by atoms with Crippen molar-refractivity contribution in [3.63, 3.8) is 0 Å². The molecule has 59 heavy (non-hydrogen) atoms. The third kappa shape index (κ3) is 8.36. The minimum absolute atomic E-state index is 0.00161. The highest BCUT2D eigenvalue weighted by Crippen LogP contribution is 2.43. The number of carboxylic acids is 1. The van der Waals surface area contributed by atoms with Crippen LogP contribution in [0.25, 0.3) is 22.3 Å². The van der Waals surface area contributed by atoms with Crippen LogP contribution in [0.15, 0.2) is 51.2 Å². The average molecular weight is 837 g/mol. The molecule has 0 amide bonds.